The number of hydrogen-bond donors (Lipinski definition) is 0. The molecule has 1 rings (SSSR count). The van der Waals surface area contributed by atoms with Crippen LogP contribution in [0.25, 0.3) is 0 Å². The maximum absolute atomic E-state index is 11.0. The summed E-state index contributed by atoms with van der Waals surface area (Å²) >= 11 is 0. The average Bonchev–Trinajstić information content (AvgIpc) is 2.66. The Morgan fingerprint density at radius 1 is 1.60 bits per heavy atom. The largest absolute Gasteiger partial charge is 0.437 e. The molecule has 1 aromatic rings. The Balaban J connectivity index is 2.82. The van der Waals surface area contributed by atoms with Gasteiger partial charge in [0.1, 0.15) is 0 Å². The molecule has 1 aromatic heterocycles. The summed E-state index contributed by atoms with van der Waals surface area (Å²) in [6, 6.07) is 3.46. The number of nitrogens with zero attached hydrogens (tertiary/aromatic N) is 1. The number of anilines is 1. The maximum Gasteiger partial charge on any atom is 0.197 e. The van der Waals surface area contributed by atoms with E-state index >= 15 is 0 Å². The fourth-order valence-corrected chi connectivity index (χ4v) is 1.33. The average molecular weight is 205 g/mol. The van der Waals surface area contributed by atoms with Crippen molar-refractivity contribution in [1.82, 2.24) is 0 Å². The molecule has 0 aromatic carbocycles. The van der Waals surface area contributed by atoms with E-state index in [9.17, 15) is 4.79 Å². The van der Waals surface area contributed by atoms with Gasteiger partial charge < -0.3 is 9.32 Å². The number of furan rings is 1. The standard InChI is InChI=1S/C12H15NO2/c1-4-8-13(9-5-2)12-7-6-11(15-12)10(3)14/h1,6-7H,5,8-9H2,2-3H3. The van der Waals surface area contributed by atoms with Gasteiger partial charge in [0.15, 0.2) is 17.4 Å². The summed E-state index contributed by atoms with van der Waals surface area (Å²) in [4.78, 5) is 13.0. The zero-order valence-corrected chi connectivity index (χ0v) is 9.12. The second-order valence-electron chi connectivity index (χ2n) is 3.32. The van der Waals surface area contributed by atoms with Crippen molar-refractivity contribution in [3.8, 4) is 12.3 Å². The van der Waals surface area contributed by atoms with E-state index in [2.05, 4.69) is 12.8 Å². The molecule has 0 saturated heterocycles. The van der Waals surface area contributed by atoms with Gasteiger partial charge in [-0.3, -0.25) is 4.79 Å². The smallest absolute Gasteiger partial charge is 0.197 e. The molecule has 0 spiro atoms. The predicted molar refractivity (Wildman–Crippen MR) is 60.0 cm³/mol. The van der Waals surface area contributed by atoms with E-state index in [-0.39, 0.29) is 5.78 Å². The molecule has 0 N–H and O–H groups in total. The first-order chi connectivity index (χ1) is 7.19. The summed E-state index contributed by atoms with van der Waals surface area (Å²) < 4.78 is 5.39. The van der Waals surface area contributed by atoms with Crippen molar-refractivity contribution in [2.45, 2.75) is 20.3 Å². The van der Waals surface area contributed by atoms with Gasteiger partial charge in [0, 0.05) is 19.5 Å². The Morgan fingerprint density at radius 2 is 2.33 bits per heavy atom. The zero-order valence-electron chi connectivity index (χ0n) is 9.12. The monoisotopic (exact) mass is 205 g/mol. The first kappa shape index (κ1) is 11.4. The quantitative estimate of drug-likeness (QED) is 0.546. The lowest BCUT2D eigenvalue weighted by molar-refractivity contribution is 0.0988. The molecule has 0 aliphatic heterocycles. The number of carbonyl (C=O) groups is 1. The lowest BCUT2D eigenvalue weighted by atomic mass is 10.3. The summed E-state index contributed by atoms with van der Waals surface area (Å²) in [5.41, 5.74) is 0. The first-order valence-corrected chi connectivity index (χ1v) is 4.98. The van der Waals surface area contributed by atoms with Crippen LogP contribution in [0.2, 0.25) is 0 Å². The van der Waals surface area contributed by atoms with E-state index in [0.717, 1.165) is 13.0 Å². The van der Waals surface area contributed by atoms with Crippen LogP contribution in [0.15, 0.2) is 16.5 Å². The topological polar surface area (TPSA) is 33.5 Å². The van der Waals surface area contributed by atoms with Gasteiger partial charge in [-0.25, -0.2) is 0 Å². The third-order valence-corrected chi connectivity index (χ3v) is 2.03. The Kier molecular flexibility index (Phi) is 3.99. The second-order valence-corrected chi connectivity index (χ2v) is 3.32. The number of ketones is 1. The molecule has 0 bridgehead atoms. The van der Waals surface area contributed by atoms with Gasteiger partial charge in [-0.1, -0.05) is 12.8 Å². The summed E-state index contributed by atoms with van der Waals surface area (Å²) in [7, 11) is 0. The highest BCUT2D eigenvalue weighted by Gasteiger charge is 2.11. The van der Waals surface area contributed by atoms with Crippen LogP contribution in [-0.4, -0.2) is 18.9 Å². The van der Waals surface area contributed by atoms with Crippen LogP contribution < -0.4 is 4.90 Å². The molecule has 0 unspecified atom stereocenters. The molecule has 0 aliphatic carbocycles. The van der Waals surface area contributed by atoms with Crippen LogP contribution in [0.4, 0.5) is 5.88 Å². The first-order valence-electron chi connectivity index (χ1n) is 4.98. The lowest BCUT2D eigenvalue weighted by Gasteiger charge is -2.17. The fraction of sp³-hybridized carbons (Fsp3) is 0.417. The number of Topliss-reactive ketones (excluding diaryl/α,β-unsaturated/α-hetero) is 1. The van der Waals surface area contributed by atoms with Gasteiger partial charge in [-0.05, 0) is 12.5 Å². The van der Waals surface area contributed by atoms with E-state index in [1.54, 1.807) is 12.1 Å². The van der Waals surface area contributed by atoms with E-state index in [1.807, 2.05) is 4.90 Å². The summed E-state index contributed by atoms with van der Waals surface area (Å²) in [6.45, 7) is 4.88. The maximum atomic E-state index is 11.0. The van der Waals surface area contributed by atoms with Crippen LogP contribution in [0.5, 0.6) is 0 Å². The number of terminal acetylenes is 1. The summed E-state index contributed by atoms with van der Waals surface area (Å²) in [5.74, 6) is 3.54. The minimum Gasteiger partial charge on any atom is -0.437 e. The summed E-state index contributed by atoms with van der Waals surface area (Å²) in [5, 5.41) is 0. The molecular weight excluding hydrogens is 190 g/mol. The van der Waals surface area contributed by atoms with Crippen molar-refractivity contribution in [2.24, 2.45) is 0 Å². The SMILES string of the molecule is C#CCN(CCC)c1ccc(C(C)=O)o1. The van der Waals surface area contributed by atoms with Crippen molar-refractivity contribution in [1.29, 1.82) is 0 Å². The molecule has 3 nitrogen and oxygen atoms in total. The molecule has 0 fully saturated rings. The van der Waals surface area contributed by atoms with Crippen LogP contribution >= 0.6 is 0 Å². The van der Waals surface area contributed by atoms with E-state index in [0.29, 0.717) is 18.2 Å². The van der Waals surface area contributed by atoms with Gasteiger partial charge in [0.2, 0.25) is 0 Å². The minimum absolute atomic E-state index is 0.0709. The number of rotatable bonds is 5. The second kappa shape index (κ2) is 5.26. The molecular formula is C12H15NO2. The Hall–Kier alpha value is -1.69. The molecule has 15 heavy (non-hydrogen) atoms. The number of hydrogen-bond acceptors (Lipinski definition) is 3. The van der Waals surface area contributed by atoms with Crippen LogP contribution in [-0.2, 0) is 0 Å². The van der Waals surface area contributed by atoms with Crippen molar-refractivity contribution in [3.63, 3.8) is 0 Å². The molecule has 0 amide bonds. The zero-order chi connectivity index (χ0) is 11.3. The predicted octanol–water partition coefficient (Wildman–Crippen LogP) is 2.33. The van der Waals surface area contributed by atoms with Gasteiger partial charge in [0.05, 0.1) is 6.54 Å². The normalized spacial score (nSPS) is 9.67. The highest BCUT2D eigenvalue weighted by Crippen LogP contribution is 2.18. The third-order valence-electron chi connectivity index (χ3n) is 2.03. The van der Waals surface area contributed by atoms with Crippen LogP contribution in [0, 0.1) is 12.3 Å². The van der Waals surface area contributed by atoms with E-state index in [1.165, 1.54) is 6.92 Å². The van der Waals surface area contributed by atoms with Crippen molar-refractivity contribution >= 4 is 11.7 Å². The van der Waals surface area contributed by atoms with Crippen LogP contribution in [0.1, 0.15) is 30.8 Å². The molecule has 80 valence electrons. The third kappa shape index (κ3) is 2.88. The lowest BCUT2D eigenvalue weighted by Crippen LogP contribution is -2.23. The van der Waals surface area contributed by atoms with Crippen molar-refractivity contribution in [3.05, 3.63) is 17.9 Å². The minimum atomic E-state index is -0.0709. The number of carbonyl (C=O) groups excluding carboxylic acids is 1. The summed E-state index contributed by atoms with van der Waals surface area (Å²) in [6.07, 6.45) is 6.25. The van der Waals surface area contributed by atoms with Gasteiger partial charge >= 0.3 is 0 Å². The highest BCUT2D eigenvalue weighted by molar-refractivity contribution is 5.91. The van der Waals surface area contributed by atoms with Gasteiger partial charge in [0.25, 0.3) is 0 Å². The van der Waals surface area contributed by atoms with Gasteiger partial charge in [-0.15, -0.1) is 6.42 Å². The molecule has 0 radical (unpaired) electrons. The molecule has 1 heterocycles. The molecule has 3 heteroatoms. The molecule has 0 atom stereocenters. The van der Waals surface area contributed by atoms with Crippen molar-refractivity contribution in [2.75, 3.05) is 18.0 Å². The Morgan fingerprint density at radius 3 is 2.80 bits per heavy atom. The van der Waals surface area contributed by atoms with E-state index in [4.69, 9.17) is 10.8 Å². The van der Waals surface area contributed by atoms with E-state index < -0.39 is 0 Å². The Labute approximate surface area is 90.1 Å². The fourth-order valence-electron chi connectivity index (χ4n) is 1.33. The molecule has 0 saturated carbocycles. The Bertz CT molecular complexity index is 373. The van der Waals surface area contributed by atoms with Crippen LogP contribution in [0.3, 0.4) is 0 Å². The highest BCUT2D eigenvalue weighted by atomic mass is 16.4. The van der Waals surface area contributed by atoms with Gasteiger partial charge in [-0.2, -0.15) is 0 Å². The van der Waals surface area contributed by atoms with Crippen molar-refractivity contribution < 1.29 is 9.21 Å². The molecule has 0 aliphatic rings.